The van der Waals surface area contributed by atoms with Gasteiger partial charge in [-0.2, -0.15) is 0 Å². The van der Waals surface area contributed by atoms with Crippen molar-refractivity contribution >= 4 is 11.9 Å². The van der Waals surface area contributed by atoms with Gasteiger partial charge in [0.1, 0.15) is 0 Å². The zero-order valence-electron chi connectivity index (χ0n) is 9.24. The number of amides is 1. The first kappa shape index (κ1) is 11.2. The minimum atomic E-state index is -0.848. The third-order valence-electron chi connectivity index (χ3n) is 3.32. The van der Waals surface area contributed by atoms with Crippen molar-refractivity contribution in [2.45, 2.75) is 32.1 Å². The van der Waals surface area contributed by atoms with Gasteiger partial charge in [0.05, 0.1) is 11.8 Å². The first-order valence-electron chi connectivity index (χ1n) is 5.87. The molecule has 0 spiro atoms. The van der Waals surface area contributed by atoms with Gasteiger partial charge in [0.25, 0.3) is 0 Å². The first-order valence-corrected chi connectivity index (χ1v) is 5.87. The molecule has 2 aliphatic rings. The lowest BCUT2D eigenvalue weighted by atomic mass is 10.1. The molecule has 2 rings (SSSR count). The molecule has 0 aromatic rings. The maximum atomic E-state index is 11.5. The summed E-state index contributed by atoms with van der Waals surface area (Å²) in [6.07, 6.45) is 7.19. The fourth-order valence-electron chi connectivity index (χ4n) is 2.20. The van der Waals surface area contributed by atoms with Crippen molar-refractivity contribution < 1.29 is 14.7 Å². The van der Waals surface area contributed by atoms with Gasteiger partial charge in [-0.05, 0) is 32.1 Å². The largest absolute Gasteiger partial charge is 0.481 e. The van der Waals surface area contributed by atoms with Crippen LogP contribution in [0.15, 0.2) is 11.6 Å². The van der Waals surface area contributed by atoms with Gasteiger partial charge in [-0.3, -0.25) is 9.59 Å². The Morgan fingerprint density at radius 1 is 1.44 bits per heavy atom. The summed E-state index contributed by atoms with van der Waals surface area (Å²) in [4.78, 5) is 22.1. The molecule has 0 aliphatic heterocycles. The maximum absolute atomic E-state index is 11.5. The molecule has 2 N–H and O–H groups in total. The van der Waals surface area contributed by atoms with Crippen LogP contribution in [0.4, 0.5) is 0 Å². The third-order valence-corrected chi connectivity index (χ3v) is 3.32. The van der Waals surface area contributed by atoms with Crippen molar-refractivity contribution in [3.63, 3.8) is 0 Å². The summed E-state index contributed by atoms with van der Waals surface area (Å²) in [6.45, 7) is 0.646. The predicted octanol–water partition coefficient (Wildman–Crippen LogP) is 1.32. The van der Waals surface area contributed by atoms with Crippen LogP contribution >= 0.6 is 0 Å². The van der Waals surface area contributed by atoms with Crippen molar-refractivity contribution in [3.05, 3.63) is 11.6 Å². The topological polar surface area (TPSA) is 66.4 Å². The van der Waals surface area contributed by atoms with Crippen LogP contribution in [0.2, 0.25) is 0 Å². The highest BCUT2D eigenvalue weighted by atomic mass is 16.4. The van der Waals surface area contributed by atoms with Crippen LogP contribution in [0.25, 0.3) is 0 Å². The van der Waals surface area contributed by atoms with Gasteiger partial charge in [-0.1, -0.05) is 11.6 Å². The summed E-state index contributed by atoms with van der Waals surface area (Å²) in [7, 11) is 0. The number of hydrogen-bond donors (Lipinski definition) is 2. The van der Waals surface area contributed by atoms with Crippen LogP contribution in [0, 0.1) is 11.8 Å². The Balaban J connectivity index is 1.63. The van der Waals surface area contributed by atoms with E-state index in [2.05, 4.69) is 11.4 Å². The second kappa shape index (κ2) is 4.68. The predicted molar refractivity (Wildman–Crippen MR) is 58.8 cm³/mol. The molecule has 0 bridgehead atoms. The van der Waals surface area contributed by atoms with Crippen LogP contribution in [0.1, 0.15) is 32.1 Å². The Morgan fingerprint density at radius 2 is 2.25 bits per heavy atom. The van der Waals surface area contributed by atoms with Gasteiger partial charge in [0.2, 0.25) is 5.91 Å². The first-order chi connectivity index (χ1) is 7.68. The molecule has 0 heterocycles. The molecule has 1 amide bonds. The van der Waals surface area contributed by atoms with Crippen molar-refractivity contribution in [1.82, 2.24) is 5.32 Å². The molecule has 0 aromatic heterocycles. The smallest absolute Gasteiger partial charge is 0.307 e. The maximum Gasteiger partial charge on any atom is 0.307 e. The normalized spacial score (nSPS) is 27.4. The van der Waals surface area contributed by atoms with Crippen LogP contribution in [-0.2, 0) is 9.59 Å². The van der Waals surface area contributed by atoms with E-state index >= 15 is 0 Å². The summed E-state index contributed by atoms with van der Waals surface area (Å²) in [6, 6.07) is 0. The molecule has 2 aliphatic carbocycles. The van der Waals surface area contributed by atoms with Gasteiger partial charge in [0, 0.05) is 6.54 Å². The minimum absolute atomic E-state index is 0.0917. The molecular weight excluding hydrogens is 206 g/mol. The minimum Gasteiger partial charge on any atom is -0.481 e. The van der Waals surface area contributed by atoms with E-state index in [0.717, 1.165) is 19.3 Å². The highest BCUT2D eigenvalue weighted by Crippen LogP contribution is 2.38. The molecular formula is C12H17NO3. The summed E-state index contributed by atoms with van der Waals surface area (Å²) < 4.78 is 0. The molecule has 0 saturated heterocycles. The fraction of sp³-hybridized carbons (Fsp3) is 0.667. The summed E-state index contributed by atoms with van der Waals surface area (Å²) >= 11 is 0. The number of nitrogens with one attached hydrogen (secondary N) is 1. The third kappa shape index (κ3) is 2.62. The Bertz CT molecular complexity index is 335. The molecule has 2 atom stereocenters. The number of aliphatic carboxylic acids is 1. The monoisotopic (exact) mass is 223 g/mol. The Labute approximate surface area is 94.7 Å². The molecule has 2 unspecified atom stereocenters. The molecule has 16 heavy (non-hydrogen) atoms. The summed E-state index contributed by atoms with van der Waals surface area (Å²) in [5.41, 5.74) is 1.42. The lowest BCUT2D eigenvalue weighted by Crippen LogP contribution is -2.27. The number of carbonyl (C=O) groups excluding carboxylic acids is 1. The fourth-order valence-corrected chi connectivity index (χ4v) is 2.20. The van der Waals surface area contributed by atoms with Crippen LogP contribution in [0.5, 0.6) is 0 Å². The molecule has 0 aromatic carbocycles. The average molecular weight is 223 g/mol. The number of hydrogen-bond acceptors (Lipinski definition) is 2. The second-order valence-electron chi connectivity index (χ2n) is 4.58. The SMILES string of the molecule is O=C(O)C1CC1C(=O)NCCC1=CCCC1. The molecule has 88 valence electrons. The quantitative estimate of drug-likeness (QED) is 0.691. The Kier molecular flexibility index (Phi) is 3.27. The van der Waals surface area contributed by atoms with E-state index < -0.39 is 11.9 Å². The Hall–Kier alpha value is -1.32. The standard InChI is InChI=1S/C12H17NO3/c14-11(9-7-10(9)12(15)16)13-6-5-8-3-1-2-4-8/h3,9-10H,1-2,4-7H2,(H,13,14)(H,15,16). The average Bonchev–Trinajstić information content (AvgIpc) is 2.90. The van der Waals surface area contributed by atoms with Crippen molar-refractivity contribution in [3.8, 4) is 0 Å². The highest BCUT2D eigenvalue weighted by Gasteiger charge is 2.48. The second-order valence-corrected chi connectivity index (χ2v) is 4.58. The lowest BCUT2D eigenvalue weighted by molar-refractivity contribution is -0.140. The number of allylic oxidation sites excluding steroid dienone is 1. The number of carboxylic acids is 1. The summed E-state index contributed by atoms with van der Waals surface area (Å²) in [5, 5.41) is 11.5. The lowest BCUT2D eigenvalue weighted by Gasteiger charge is -2.04. The number of carbonyl (C=O) groups is 2. The van der Waals surface area contributed by atoms with E-state index in [-0.39, 0.29) is 11.8 Å². The Morgan fingerprint density at radius 3 is 2.81 bits per heavy atom. The van der Waals surface area contributed by atoms with E-state index in [1.807, 2.05) is 0 Å². The van der Waals surface area contributed by atoms with E-state index in [1.165, 1.54) is 12.0 Å². The van der Waals surface area contributed by atoms with Crippen molar-refractivity contribution in [1.29, 1.82) is 0 Å². The van der Waals surface area contributed by atoms with E-state index in [9.17, 15) is 9.59 Å². The van der Waals surface area contributed by atoms with Gasteiger partial charge >= 0.3 is 5.97 Å². The van der Waals surface area contributed by atoms with Gasteiger partial charge in [-0.25, -0.2) is 0 Å². The zero-order chi connectivity index (χ0) is 11.5. The highest BCUT2D eigenvalue weighted by molar-refractivity contribution is 5.89. The summed E-state index contributed by atoms with van der Waals surface area (Å²) in [5.74, 6) is -1.66. The van der Waals surface area contributed by atoms with E-state index in [0.29, 0.717) is 13.0 Å². The molecule has 1 fully saturated rings. The molecule has 0 radical (unpaired) electrons. The molecule has 1 saturated carbocycles. The van der Waals surface area contributed by atoms with Gasteiger partial charge in [0.15, 0.2) is 0 Å². The van der Waals surface area contributed by atoms with Crippen LogP contribution < -0.4 is 5.32 Å². The molecule has 4 heteroatoms. The van der Waals surface area contributed by atoms with Crippen LogP contribution in [-0.4, -0.2) is 23.5 Å². The number of rotatable bonds is 5. The van der Waals surface area contributed by atoms with E-state index in [4.69, 9.17) is 5.11 Å². The van der Waals surface area contributed by atoms with Crippen LogP contribution in [0.3, 0.4) is 0 Å². The van der Waals surface area contributed by atoms with E-state index in [1.54, 1.807) is 0 Å². The van der Waals surface area contributed by atoms with Gasteiger partial charge < -0.3 is 10.4 Å². The van der Waals surface area contributed by atoms with Crippen molar-refractivity contribution in [2.75, 3.05) is 6.54 Å². The molecule has 4 nitrogen and oxygen atoms in total. The zero-order valence-corrected chi connectivity index (χ0v) is 9.24. The number of carboxylic acid groups (broad SMARTS) is 1. The van der Waals surface area contributed by atoms with Crippen molar-refractivity contribution in [2.24, 2.45) is 11.8 Å². The van der Waals surface area contributed by atoms with Gasteiger partial charge in [-0.15, -0.1) is 0 Å².